The number of carbonyl (C=O) groups excluding carboxylic acids is 1. The van der Waals surface area contributed by atoms with E-state index in [0.29, 0.717) is 0 Å². The molecule has 5 nitrogen and oxygen atoms in total. The normalized spacial score (nSPS) is 11.2. The summed E-state index contributed by atoms with van der Waals surface area (Å²) in [6.45, 7) is -0.574. The van der Waals surface area contributed by atoms with Crippen LogP contribution in [0.1, 0.15) is 16.7 Å². The number of carboxylic acid groups (broad SMARTS) is 1. The Morgan fingerprint density at radius 1 is 1.33 bits per heavy atom. The standard InChI is InChI=1S/C12H15F3N2O3S/c1-2-8-3-4-9(21-8)5-16-11(20)17(6-10(18)19)7-12(13,14)15/h3-4H,2,5-7H2,1H3,(H,16,20)(H,18,19). The first kappa shape index (κ1) is 17.3. The molecule has 0 aliphatic carbocycles. The predicted octanol–water partition coefficient (Wildman–Crippen LogP) is 2.47. The molecular weight excluding hydrogens is 309 g/mol. The third-order valence-corrected chi connectivity index (χ3v) is 3.69. The van der Waals surface area contributed by atoms with E-state index >= 15 is 0 Å². The maximum atomic E-state index is 12.3. The van der Waals surface area contributed by atoms with Crippen LogP contribution in [0, 0.1) is 0 Å². The van der Waals surface area contributed by atoms with Crippen molar-refractivity contribution in [3.63, 3.8) is 0 Å². The summed E-state index contributed by atoms with van der Waals surface area (Å²) in [7, 11) is 0. The minimum absolute atomic E-state index is 0.0669. The number of hydrogen-bond donors (Lipinski definition) is 2. The lowest BCUT2D eigenvalue weighted by Crippen LogP contribution is -2.46. The third kappa shape index (κ3) is 6.48. The number of thiophene rings is 1. The molecule has 21 heavy (non-hydrogen) atoms. The molecule has 0 spiro atoms. The van der Waals surface area contributed by atoms with Gasteiger partial charge in [-0.15, -0.1) is 11.3 Å². The van der Waals surface area contributed by atoms with Crippen LogP contribution in [0.2, 0.25) is 0 Å². The topological polar surface area (TPSA) is 69.6 Å². The van der Waals surface area contributed by atoms with E-state index in [0.717, 1.165) is 16.2 Å². The quantitative estimate of drug-likeness (QED) is 0.844. The van der Waals surface area contributed by atoms with Gasteiger partial charge in [0.05, 0.1) is 6.54 Å². The minimum Gasteiger partial charge on any atom is -0.480 e. The molecule has 0 radical (unpaired) electrons. The van der Waals surface area contributed by atoms with Gasteiger partial charge in [-0.05, 0) is 18.6 Å². The van der Waals surface area contributed by atoms with Crippen molar-refractivity contribution in [2.24, 2.45) is 0 Å². The molecule has 0 saturated heterocycles. The van der Waals surface area contributed by atoms with Crippen molar-refractivity contribution in [1.29, 1.82) is 0 Å². The Morgan fingerprint density at radius 2 is 1.95 bits per heavy atom. The van der Waals surface area contributed by atoms with E-state index in [1.54, 1.807) is 6.07 Å². The van der Waals surface area contributed by atoms with Crippen LogP contribution in [0.25, 0.3) is 0 Å². The van der Waals surface area contributed by atoms with Crippen molar-refractivity contribution >= 4 is 23.3 Å². The van der Waals surface area contributed by atoms with Gasteiger partial charge in [0.2, 0.25) is 0 Å². The zero-order valence-corrected chi connectivity index (χ0v) is 12.1. The van der Waals surface area contributed by atoms with Crippen LogP contribution in [0.5, 0.6) is 0 Å². The fraction of sp³-hybridized carbons (Fsp3) is 0.500. The fourth-order valence-electron chi connectivity index (χ4n) is 1.56. The smallest absolute Gasteiger partial charge is 0.406 e. The van der Waals surface area contributed by atoms with E-state index in [-0.39, 0.29) is 11.4 Å². The van der Waals surface area contributed by atoms with Crippen LogP contribution in [-0.2, 0) is 17.8 Å². The predicted molar refractivity (Wildman–Crippen MR) is 71.2 cm³/mol. The van der Waals surface area contributed by atoms with Gasteiger partial charge in [-0.3, -0.25) is 4.79 Å². The Morgan fingerprint density at radius 3 is 2.43 bits per heavy atom. The van der Waals surface area contributed by atoms with E-state index in [4.69, 9.17) is 5.11 Å². The summed E-state index contributed by atoms with van der Waals surface area (Å²) < 4.78 is 36.9. The number of aliphatic carboxylic acids is 1. The Bertz CT molecular complexity index is 502. The van der Waals surface area contributed by atoms with Gasteiger partial charge < -0.3 is 15.3 Å². The highest BCUT2D eigenvalue weighted by Gasteiger charge is 2.33. The molecule has 2 N–H and O–H groups in total. The Hall–Kier alpha value is -1.77. The van der Waals surface area contributed by atoms with Gasteiger partial charge in [-0.2, -0.15) is 13.2 Å². The van der Waals surface area contributed by atoms with Gasteiger partial charge in [-0.1, -0.05) is 6.92 Å². The zero-order chi connectivity index (χ0) is 16.0. The molecule has 118 valence electrons. The number of hydrogen-bond acceptors (Lipinski definition) is 3. The summed E-state index contributed by atoms with van der Waals surface area (Å²) in [5.74, 6) is -1.50. The summed E-state index contributed by atoms with van der Waals surface area (Å²) >= 11 is 1.44. The molecule has 9 heteroatoms. The first-order chi connectivity index (χ1) is 9.71. The van der Waals surface area contributed by atoms with Crippen molar-refractivity contribution in [3.8, 4) is 0 Å². The number of nitrogens with one attached hydrogen (secondary N) is 1. The number of nitrogens with zero attached hydrogens (tertiary/aromatic N) is 1. The van der Waals surface area contributed by atoms with E-state index < -0.39 is 31.3 Å². The number of carbonyl (C=O) groups is 2. The average molecular weight is 324 g/mol. The lowest BCUT2D eigenvalue weighted by Gasteiger charge is -2.22. The van der Waals surface area contributed by atoms with E-state index in [9.17, 15) is 22.8 Å². The zero-order valence-electron chi connectivity index (χ0n) is 11.2. The molecule has 1 rings (SSSR count). The highest BCUT2D eigenvalue weighted by molar-refractivity contribution is 7.11. The molecule has 2 amide bonds. The van der Waals surface area contributed by atoms with Crippen molar-refractivity contribution in [1.82, 2.24) is 10.2 Å². The van der Waals surface area contributed by atoms with Crippen LogP contribution >= 0.6 is 11.3 Å². The van der Waals surface area contributed by atoms with Crippen LogP contribution in [0.4, 0.5) is 18.0 Å². The number of urea groups is 1. The second kappa shape index (κ2) is 7.30. The van der Waals surface area contributed by atoms with Crippen LogP contribution in [0.3, 0.4) is 0 Å². The molecule has 1 heterocycles. The monoisotopic (exact) mass is 324 g/mol. The highest BCUT2D eigenvalue weighted by Crippen LogP contribution is 2.18. The van der Waals surface area contributed by atoms with Crippen molar-refractivity contribution in [3.05, 3.63) is 21.9 Å². The first-order valence-corrected chi connectivity index (χ1v) is 6.92. The second-order valence-corrected chi connectivity index (χ2v) is 5.50. The number of alkyl halides is 3. The van der Waals surface area contributed by atoms with Crippen molar-refractivity contribution < 1.29 is 27.9 Å². The SMILES string of the molecule is CCc1ccc(CNC(=O)N(CC(=O)O)CC(F)(F)F)s1. The molecule has 0 fully saturated rings. The maximum absolute atomic E-state index is 12.3. The highest BCUT2D eigenvalue weighted by atomic mass is 32.1. The molecule has 0 saturated carbocycles. The Labute approximate surface area is 123 Å². The molecule has 1 aromatic heterocycles. The van der Waals surface area contributed by atoms with Gasteiger partial charge in [-0.25, -0.2) is 4.79 Å². The molecular formula is C12H15F3N2O3S. The maximum Gasteiger partial charge on any atom is 0.406 e. The van der Waals surface area contributed by atoms with E-state index in [1.165, 1.54) is 11.3 Å². The largest absolute Gasteiger partial charge is 0.480 e. The number of rotatable bonds is 6. The van der Waals surface area contributed by atoms with E-state index in [2.05, 4.69) is 5.32 Å². The van der Waals surface area contributed by atoms with Crippen molar-refractivity contribution in [2.45, 2.75) is 26.1 Å². The average Bonchev–Trinajstić information content (AvgIpc) is 2.80. The van der Waals surface area contributed by atoms with Gasteiger partial charge in [0.1, 0.15) is 13.1 Å². The molecule has 0 atom stereocenters. The Balaban J connectivity index is 2.60. The Kier molecular flexibility index (Phi) is 6.01. The summed E-state index contributed by atoms with van der Waals surface area (Å²) in [5, 5.41) is 10.9. The third-order valence-electron chi connectivity index (χ3n) is 2.46. The van der Waals surface area contributed by atoms with E-state index in [1.807, 2.05) is 13.0 Å². The fourth-order valence-corrected chi connectivity index (χ4v) is 2.46. The number of halogens is 3. The summed E-state index contributed by atoms with van der Waals surface area (Å²) in [5.41, 5.74) is 0. The number of aryl methyl sites for hydroxylation is 1. The second-order valence-electron chi connectivity index (χ2n) is 4.25. The molecule has 1 aromatic rings. The van der Waals surface area contributed by atoms with Gasteiger partial charge in [0.25, 0.3) is 0 Å². The van der Waals surface area contributed by atoms with Crippen molar-refractivity contribution in [2.75, 3.05) is 13.1 Å². The van der Waals surface area contributed by atoms with Crippen LogP contribution in [-0.4, -0.2) is 41.3 Å². The number of carboxylic acids is 1. The van der Waals surface area contributed by atoms with Gasteiger partial charge in [0, 0.05) is 9.75 Å². The molecule has 0 aliphatic rings. The molecule has 0 unspecified atom stereocenters. The summed E-state index contributed by atoms with van der Waals surface area (Å²) in [6, 6.07) is 2.59. The summed E-state index contributed by atoms with van der Waals surface area (Å²) in [6.07, 6.45) is -3.82. The molecule has 0 aliphatic heterocycles. The minimum atomic E-state index is -4.65. The molecule has 0 bridgehead atoms. The lowest BCUT2D eigenvalue weighted by atomic mass is 10.3. The number of amides is 2. The van der Waals surface area contributed by atoms with Crippen LogP contribution in [0.15, 0.2) is 12.1 Å². The summed E-state index contributed by atoms with van der Waals surface area (Å²) in [4.78, 5) is 24.3. The van der Waals surface area contributed by atoms with Crippen LogP contribution < -0.4 is 5.32 Å². The lowest BCUT2D eigenvalue weighted by molar-refractivity contribution is -0.148. The van der Waals surface area contributed by atoms with Gasteiger partial charge in [0.15, 0.2) is 0 Å². The van der Waals surface area contributed by atoms with Gasteiger partial charge >= 0.3 is 18.2 Å². The molecule has 0 aromatic carbocycles. The first-order valence-electron chi connectivity index (χ1n) is 6.10.